The molecule has 0 spiro atoms. The van der Waals surface area contributed by atoms with Gasteiger partial charge in [-0.15, -0.1) is 0 Å². The Labute approximate surface area is 161 Å². The van der Waals surface area contributed by atoms with Gasteiger partial charge in [-0.1, -0.05) is 17.7 Å². The fourth-order valence-electron chi connectivity index (χ4n) is 1.98. The predicted octanol–water partition coefficient (Wildman–Crippen LogP) is 0.927. The van der Waals surface area contributed by atoms with Gasteiger partial charge in [0, 0.05) is 11.1 Å². The van der Waals surface area contributed by atoms with Crippen LogP contribution in [-0.2, 0) is 24.3 Å². The maximum absolute atomic E-state index is 12.3. The van der Waals surface area contributed by atoms with Crippen LogP contribution in [0.4, 0.5) is 4.79 Å². The normalized spacial score (nSPS) is 16.1. The quantitative estimate of drug-likeness (QED) is 0.565. The summed E-state index contributed by atoms with van der Waals surface area (Å²) in [6.07, 6.45) is 0.438. The van der Waals surface area contributed by atoms with Gasteiger partial charge < -0.3 is 10.1 Å². The maximum Gasteiger partial charge on any atom is 0.324 e. The monoisotopic (exact) mass is 417 g/mol. The number of halogens is 1. The van der Waals surface area contributed by atoms with Gasteiger partial charge >= 0.3 is 12.0 Å². The molecule has 3 amide bonds. The van der Waals surface area contributed by atoms with E-state index < -0.39 is 40.1 Å². The summed E-state index contributed by atoms with van der Waals surface area (Å²) in [4.78, 5) is 35.3. The molecule has 1 aliphatic carbocycles. The van der Waals surface area contributed by atoms with E-state index in [-0.39, 0.29) is 16.0 Å². The molecule has 2 rings (SSSR count). The first kappa shape index (κ1) is 21.1. The zero-order valence-electron chi connectivity index (χ0n) is 14.7. The van der Waals surface area contributed by atoms with E-state index in [4.69, 9.17) is 16.3 Å². The number of benzene rings is 1. The Morgan fingerprint density at radius 3 is 2.48 bits per heavy atom. The third-order valence-electron chi connectivity index (χ3n) is 3.60. The molecule has 27 heavy (non-hydrogen) atoms. The molecule has 11 heteroatoms. The van der Waals surface area contributed by atoms with E-state index >= 15 is 0 Å². The van der Waals surface area contributed by atoms with Crippen molar-refractivity contribution < 1.29 is 27.5 Å². The molecule has 1 aromatic carbocycles. The number of carbonyl (C=O) groups excluding carboxylic acids is 3. The smallest absolute Gasteiger partial charge is 0.324 e. The third kappa shape index (κ3) is 6.49. The van der Waals surface area contributed by atoms with Crippen LogP contribution in [0.5, 0.6) is 0 Å². The number of hydrogen-bond acceptors (Lipinski definition) is 6. The van der Waals surface area contributed by atoms with Crippen molar-refractivity contribution in [2.24, 2.45) is 0 Å². The van der Waals surface area contributed by atoms with Crippen molar-refractivity contribution in [1.82, 2.24) is 15.4 Å². The van der Waals surface area contributed by atoms with Crippen LogP contribution < -0.4 is 15.4 Å². The Kier molecular flexibility index (Phi) is 6.79. The molecule has 1 aliphatic rings. The fraction of sp³-hybridized carbons (Fsp3) is 0.438. The second kappa shape index (κ2) is 8.68. The predicted molar refractivity (Wildman–Crippen MR) is 96.5 cm³/mol. The summed E-state index contributed by atoms with van der Waals surface area (Å²) < 4.78 is 31.6. The summed E-state index contributed by atoms with van der Waals surface area (Å²) in [5.41, 5.74) is 0. The Bertz CT molecular complexity index is 840. The molecule has 9 nitrogen and oxygen atoms in total. The van der Waals surface area contributed by atoms with Crippen LogP contribution >= 0.6 is 11.6 Å². The van der Waals surface area contributed by atoms with Crippen LogP contribution in [-0.4, -0.2) is 44.5 Å². The number of urea groups is 1. The molecule has 0 aromatic heterocycles. The molecule has 0 radical (unpaired) electrons. The highest BCUT2D eigenvalue weighted by molar-refractivity contribution is 7.89. The van der Waals surface area contributed by atoms with E-state index in [2.05, 4.69) is 15.4 Å². The highest BCUT2D eigenvalue weighted by Gasteiger charge is 2.28. The second-order valence-electron chi connectivity index (χ2n) is 6.12. The standard InChI is InChI=1S/C16H20ClN3O6S/c1-9(20-27(24,25)13-5-3-4-11(17)8-13)15(22)26-10(2)14(21)19-16(23)18-12-6-7-12/h3-5,8-10,12,20H,6-7H2,1-2H3,(H2,18,19,21,23)/t9-,10-/m1/s1. The zero-order chi connectivity index (χ0) is 20.2. The number of esters is 1. The van der Waals surface area contributed by atoms with Crippen LogP contribution in [0.2, 0.25) is 5.02 Å². The number of carbonyl (C=O) groups is 3. The number of imide groups is 1. The highest BCUT2D eigenvalue weighted by Crippen LogP contribution is 2.18. The number of nitrogens with one attached hydrogen (secondary N) is 3. The van der Waals surface area contributed by atoms with Crippen molar-refractivity contribution in [1.29, 1.82) is 0 Å². The Morgan fingerprint density at radius 1 is 1.22 bits per heavy atom. The lowest BCUT2D eigenvalue weighted by Gasteiger charge is -2.17. The summed E-state index contributed by atoms with van der Waals surface area (Å²) in [6.45, 7) is 2.55. The van der Waals surface area contributed by atoms with Crippen LogP contribution in [0, 0.1) is 0 Å². The van der Waals surface area contributed by atoms with E-state index in [0.717, 1.165) is 12.8 Å². The average Bonchev–Trinajstić information content (AvgIpc) is 3.37. The van der Waals surface area contributed by atoms with Gasteiger partial charge in [-0.25, -0.2) is 13.2 Å². The molecule has 0 bridgehead atoms. The Morgan fingerprint density at radius 2 is 1.89 bits per heavy atom. The lowest BCUT2D eigenvalue weighted by molar-refractivity contribution is -0.155. The van der Waals surface area contributed by atoms with Gasteiger partial charge in [0.15, 0.2) is 6.10 Å². The van der Waals surface area contributed by atoms with E-state index in [1.165, 1.54) is 38.1 Å². The second-order valence-corrected chi connectivity index (χ2v) is 8.27. The maximum atomic E-state index is 12.3. The lowest BCUT2D eigenvalue weighted by atomic mass is 10.3. The Hall–Kier alpha value is -2.17. The molecule has 1 aromatic rings. The van der Waals surface area contributed by atoms with E-state index in [9.17, 15) is 22.8 Å². The van der Waals surface area contributed by atoms with Crippen molar-refractivity contribution in [3.05, 3.63) is 29.3 Å². The third-order valence-corrected chi connectivity index (χ3v) is 5.38. The largest absolute Gasteiger partial charge is 0.451 e. The van der Waals surface area contributed by atoms with Crippen molar-refractivity contribution in [3.8, 4) is 0 Å². The van der Waals surface area contributed by atoms with Gasteiger partial charge in [0.2, 0.25) is 10.0 Å². The van der Waals surface area contributed by atoms with Gasteiger partial charge in [0.25, 0.3) is 5.91 Å². The zero-order valence-corrected chi connectivity index (χ0v) is 16.3. The average molecular weight is 418 g/mol. The molecular formula is C16H20ClN3O6S. The van der Waals surface area contributed by atoms with Crippen LogP contribution in [0.3, 0.4) is 0 Å². The molecule has 1 saturated carbocycles. The molecular weight excluding hydrogens is 398 g/mol. The van der Waals surface area contributed by atoms with Crippen molar-refractivity contribution >= 4 is 39.5 Å². The molecule has 0 aliphatic heterocycles. The molecule has 2 atom stereocenters. The van der Waals surface area contributed by atoms with Crippen molar-refractivity contribution in [2.45, 2.75) is 49.8 Å². The molecule has 0 unspecified atom stereocenters. The minimum atomic E-state index is -4.01. The molecule has 148 valence electrons. The molecule has 0 heterocycles. The lowest BCUT2D eigenvalue weighted by Crippen LogP contribution is -2.47. The number of ether oxygens (including phenoxy) is 1. The Balaban J connectivity index is 1.88. The van der Waals surface area contributed by atoms with Gasteiger partial charge in [-0.05, 0) is 44.9 Å². The fourth-order valence-corrected chi connectivity index (χ4v) is 3.47. The van der Waals surface area contributed by atoms with Crippen molar-refractivity contribution in [2.75, 3.05) is 0 Å². The summed E-state index contributed by atoms with van der Waals surface area (Å²) in [5.74, 6) is -1.78. The highest BCUT2D eigenvalue weighted by atomic mass is 35.5. The number of rotatable bonds is 7. The number of sulfonamides is 1. The van der Waals surface area contributed by atoms with Gasteiger partial charge in [0.05, 0.1) is 4.90 Å². The summed E-state index contributed by atoms with van der Waals surface area (Å²) in [5, 5.41) is 4.84. The van der Waals surface area contributed by atoms with E-state index in [1.807, 2.05) is 0 Å². The summed E-state index contributed by atoms with van der Waals surface area (Å²) in [7, 11) is -4.01. The number of hydrogen-bond donors (Lipinski definition) is 3. The van der Waals surface area contributed by atoms with Gasteiger partial charge in [0.1, 0.15) is 6.04 Å². The van der Waals surface area contributed by atoms with Gasteiger partial charge in [-0.2, -0.15) is 4.72 Å². The minimum Gasteiger partial charge on any atom is -0.451 e. The van der Waals surface area contributed by atoms with E-state index in [0.29, 0.717) is 0 Å². The molecule has 3 N–H and O–H groups in total. The van der Waals surface area contributed by atoms with E-state index in [1.54, 1.807) is 0 Å². The topological polar surface area (TPSA) is 131 Å². The minimum absolute atomic E-state index is 0.0663. The summed E-state index contributed by atoms with van der Waals surface area (Å²) in [6, 6.07) is 3.66. The molecule has 0 saturated heterocycles. The number of amides is 3. The van der Waals surface area contributed by atoms with Crippen LogP contribution in [0.1, 0.15) is 26.7 Å². The van der Waals surface area contributed by atoms with Gasteiger partial charge in [-0.3, -0.25) is 14.9 Å². The van der Waals surface area contributed by atoms with Crippen LogP contribution in [0.25, 0.3) is 0 Å². The summed E-state index contributed by atoms with van der Waals surface area (Å²) >= 11 is 5.77. The molecule has 1 fully saturated rings. The SMILES string of the molecule is C[C@@H](NS(=O)(=O)c1cccc(Cl)c1)C(=O)O[C@H](C)C(=O)NC(=O)NC1CC1. The first-order chi connectivity index (χ1) is 12.6. The van der Waals surface area contributed by atoms with Crippen molar-refractivity contribution in [3.63, 3.8) is 0 Å². The van der Waals surface area contributed by atoms with Crippen LogP contribution in [0.15, 0.2) is 29.2 Å². The first-order valence-electron chi connectivity index (χ1n) is 8.18. The first-order valence-corrected chi connectivity index (χ1v) is 10.0.